The lowest BCUT2D eigenvalue weighted by atomic mass is 10.0. The zero-order valence-electron chi connectivity index (χ0n) is 16.2. The highest BCUT2D eigenvalue weighted by atomic mass is 16.5. The quantitative estimate of drug-likeness (QED) is 0.651. The van der Waals surface area contributed by atoms with Crippen molar-refractivity contribution in [2.75, 3.05) is 39.5 Å². The molecule has 1 aromatic carbocycles. The minimum atomic E-state index is -0.0596. The van der Waals surface area contributed by atoms with Crippen molar-refractivity contribution < 1.29 is 14.3 Å². The molecule has 0 aromatic heterocycles. The van der Waals surface area contributed by atoms with E-state index in [-0.39, 0.29) is 18.2 Å². The Bertz CT molecular complexity index is 541. The number of benzene rings is 1. The highest BCUT2D eigenvalue weighted by molar-refractivity contribution is 5.74. The molecule has 27 heavy (non-hydrogen) atoms. The first-order valence-electron chi connectivity index (χ1n) is 10.3. The van der Waals surface area contributed by atoms with E-state index in [1.54, 1.807) is 0 Å². The number of amides is 2. The first-order chi connectivity index (χ1) is 13.3. The van der Waals surface area contributed by atoms with Crippen molar-refractivity contribution >= 4 is 6.03 Å². The fourth-order valence-electron chi connectivity index (χ4n) is 3.68. The van der Waals surface area contributed by atoms with Gasteiger partial charge in [-0.2, -0.15) is 0 Å². The van der Waals surface area contributed by atoms with Gasteiger partial charge in [-0.1, -0.05) is 30.3 Å². The molecule has 1 aromatic rings. The molecule has 3 rings (SSSR count). The van der Waals surface area contributed by atoms with Gasteiger partial charge in [0.05, 0.1) is 12.7 Å². The lowest BCUT2D eigenvalue weighted by molar-refractivity contribution is 0.0167. The number of urea groups is 1. The largest absolute Gasteiger partial charge is 0.379 e. The maximum atomic E-state index is 12.0. The molecular formula is C21H33N3O3. The normalized spacial score (nSPS) is 21.3. The number of carbonyl (C=O) groups excluding carboxylic acids is 1. The van der Waals surface area contributed by atoms with E-state index in [1.165, 1.54) is 5.56 Å². The van der Waals surface area contributed by atoms with E-state index in [1.807, 2.05) is 0 Å². The second-order valence-electron chi connectivity index (χ2n) is 7.50. The van der Waals surface area contributed by atoms with Crippen LogP contribution in [0.15, 0.2) is 30.3 Å². The molecule has 6 nitrogen and oxygen atoms in total. The number of nitrogens with zero attached hydrogens (tertiary/aromatic N) is 1. The van der Waals surface area contributed by atoms with Gasteiger partial charge in [-0.3, -0.25) is 4.90 Å². The molecular weight excluding hydrogens is 342 g/mol. The predicted octanol–water partition coefficient (Wildman–Crippen LogP) is 2.54. The Morgan fingerprint density at radius 1 is 1.19 bits per heavy atom. The van der Waals surface area contributed by atoms with Crippen molar-refractivity contribution in [2.24, 2.45) is 0 Å². The van der Waals surface area contributed by atoms with Gasteiger partial charge >= 0.3 is 6.03 Å². The van der Waals surface area contributed by atoms with Crippen molar-refractivity contribution in [1.29, 1.82) is 0 Å². The number of nitrogens with one attached hydrogen (secondary N) is 2. The van der Waals surface area contributed by atoms with Crippen molar-refractivity contribution in [1.82, 2.24) is 15.5 Å². The molecule has 2 amide bonds. The second kappa shape index (κ2) is 11.3. The third-order valence-electron chi connectivity index (χ3n) is 5.25. The van der Waals surface area contributed by atoms with Crippen molar-refractivity contribution in [3.63, 3.8) is 0 Å². The lowest BCUT2D eigenvalue weighted by Crippen LogP contribution is -2.47. The summed E-state index contributed by atoms with van der Waals surface area (Å²) in [5.74, 6) is 0. The molecule has 6 heteroatoms. The molecule has 0 saturated carbocycles. The van der Waals surface area contributed by atoms with Crippen LogP contribution in [0.5, 0.6) is 0 Å². The van der Waals surface area contributed by atoms with Crippen LogP contribution >= 0.6 is 0 Å². The number of piperidine rings is 1. The summed E-state index contributed by atoms with van der Waals surface area (Å²) in [6.45, 7) is 5.89. The molecule has 0 bridgehead atoms. The Hall–Kier alpha value is -1.63. The van der Waals surface area contributed by atoms with Crippen LogP contribution in [0, 0.1) is 0 Å². The van der Waals surface area contributed by atoms with Gasteiger partial charge in [-0.15, -0.1) is 0 Å². The average molecular weight is 376 g/mol. The summed E-state index contributed by atoms with van der Waals surface area (Å²) >= 11 is 0. The summed E-state index contributed by atoms with van der Waals surface area (Å²) in [5, 5.41) is 6.04. The molecule has 2 saturated heterocycles. The van der Waals surface area contributed by atoms with Gasteiger partial charge in [0.1, 0.15) is 0 Å². The van der Waals surface area contributed by atoms with Crippen LogP contribution in [0.3, 0.4) is 0 Å². The molecule has 0 aliphatic carbocycles. The Morgan fingerprint density at radius 2 is 2.00 bits per heavy atom. The summed E-state index contributed by atoms with van der Waals surface area (Å²) in [4.78, 5) is 14.5. The fraction of sp³-hybridized carbons (Fsp3) is 0.667. The van der Waals surface area contributed by atoms with Gasteiger partial charge in [0, 0.05) is 45.4 Å². The molecule has 2 N–H and O–H groups in total. The smallest absolute Gasteiger partial charge is 0.315 e. The maximum absolute atomic E-state index is 12.0. The average Bonchev–Trinajstić information content (AvgIpc) is 3.20. The van der Waals surface area contributed by atoms with Gasteiger partial charge in [0.25, 0.3) is 0 Å². The van der Waals surface area contributed by atoms with E-state index in [0.29, 0.717) is 19.8 Å². The second-order valence-corrected chi connectivity index (χ2v) is 7.50. The highest BCUT2D eigenvalue weighted by Gasteiger charge is 2.20. The van der Waals surface area contributed by atoms with Crippen LogP contribution in [0.4, 0.5) is 4.79 Å². The van der Waals surface area contributed by atoms with Crippen molar-refractivity contribution in [3.8, 4) is 0 Å². The molecule has 2 heterocycles. The summed E-state index contributed by atoms with van der Waals surface area (Å²) < 4.78 is 11.1. The van der Waals surface area contributed by atoms with Gasteiger partial charge < -0.3 is 20.1 Å². The Labute approximate surface area is 162 Å². The van der Waals surface area contributed by atoms with Crippen LogP contribution in [-0.4, -0.2) is 62.5 Å². The van der Waals surface area contributed by atoms with Gasteiger partial charge in [0.15, 0.2) is 0 Å². The molecule has 0 radical (unpaired) electrons. The van der Waals surface area contributed by atoms with Crippen molar-refractivity contribution in [2.45, 2.75) is 50.8 Å². The third kappa shape index (κ3) is 7.48. The number of likely N-dealkylation sites (tertiary alicyclic amines) is 1. The number of carbonyl (C=O) groups is 1. The van der Waals surface area contributed by atoms with Crippen LogP contribution in [0.1, 0.15) is 37.7 Å². The Balaban J connectivity index is 1.20. The highest BCUT2D eigenvalue weighted by Crippen LogP contribution is 2.14. The van der Waals surface area contributed by atoms with Crippen LogP contribution in [0.2, 0.25) is 0 Å². The molecule has 2 aliphatic rings. The van der Waals surface area contributed by atoms with E-state index in [9.17, 15) is 4.79 Å². The first kappa shape index (κ1) is 20.1. The molecule has 2 aliphatic heterocycles. The van der Waals surface area contributed by atoms with Gasteiger partial charge in [-0.25, -0.2) is 4.79 Å². The summed E-state index contributed by atoms with van der Waals surface area (Å²) in [7, 11) is 0. The molecule has 150 valence electrons. The van der Waals surface area contributed by atoms with E-state index >= 15 is 0 Å². The fourth-order valence-corrected chi connectivity index (χ4v) is 3.68. The van der Waals surface area contributed by atoms with Gasteiger partial charge in [-0.05, 0) is 37.7 Å². The Morgan fingerprint density at radius 3 is 2.74 bits per heavy atom. The van der Waals surface area contributed by atoms with E-state index < -0.39 is 0 Å². The monoisotopic (exact) mass is 375 g/mol. The summed E-state index contributed by atoms with van der Waals surface area (Å²) in [5.41, 5.74) is 1.35. The Kier molecular flexibility index (Phi) is 8.39. The van der Waals surface area contributed by atoms with Crippen LogP contribution in [0.25, 0.3) is 0 Å². The zero-order valence-corrected chi connectivity index (χ0v) is 16.2. The summed E-state index contributed by atoms with van der Waals surface area (Å²) in [6, 6.07) is 10.8. The first-order valence-corrected chi connectivity index (χ1v) is 10.3. The molecule has 2 fully saturated rings. The molecule has 1 atom stereocenters. The number of ether oxygens (including phenoxy) is 2. The minimum absolute atomic E-state index is 0.0596. The molecule has 1 unspecified atom stereocenters. The molecule has 0 spiro atoms. The number of hydrogen-bond acceptors (Lipinski definition) is 4. The van der Waals surface area contributed by atoms with Crippen LogP contribution < -0.4 is 10.6 Å². The predicted molar refractivity (Wildman–Crippen MR) is 106 cm³/mol. The third-order valence-corrected chi connectivity index (χ3v) is 5.25. The standard InChI is InChI=1S/C21H33N3O3/c25-21(22-11-5-14-26-17-20-8-4-15-27-20)23-19-9-12-24(13-10-19)16-18-6-2-1-3-7-18/h1-3,6-7,19-20H,4-5,8-17H2,(H2,22,23,25). The van der Waals surface area contributed by atoms with Gasteiger partial charge in [0.2, 0.25) is 0 Å². The van der Waals surface area contributed by atoms with E-state index in [2.05, 4.69) is 45.9 Å². The summed E-state index contributed by atoms with van der Waals surface area (Å²) in [6.07, 6.45) is 5.35. The lowest BCUT2D eigenvalue weighted by Gasteiger charge is -2.32. The van der Waals surface area contributed by atoms with Crippen LogP contribution in [-0.2, 0) is 16.0 Å². The van der Waals surface area contributed by atoms with Crippen molar-refractivity contribution in [3.05, 3.63) is 35.9 Å². The number of hydrogen-bond donors (Lipinski definition) is 2. The SMILES string of the molecule is O=C(NCCCOCC1CCCO1)NC1CCN(Cc2ccccc2)CC1. The zero-order chi connectivity index (χ0) is 18.7. The van der Waals surface area contributed by atoms with E-state index in [4.69, 9.17) is 9.47 Å². The maximum Gasteiger partial charge on any atom is 0.315 e. The topological polar surface area (TPSA) is 62.8 Å². The minimum Gasteiger partial charge on any atom is -0.379 e. The number of rotatable bonds is 9. The van der Waals surface area contributed by atoms with E-state index in [0.717, 1.165) is 58.3 Å².